The molecule has 1 saturated heterocycles. The van der Waals surface area contributed by atoms with E-state index in [0.29, 0.717) is 25.2 Å². The number of piperidine rings is 1. The van der Waals surface area contributed by atoms with Crippen LogP contribution < -0.4 is 5.32 Å². The second-order valence-corrected chi connectivity index (χ2v) is 7.83. The van der Waals surface area contributed by atoms with Crippen LogP contribution in [0.5, 0.6) is 0 Å². The van der Waals surface area contributed by atoms with Gasteiger partial charge in [0, 0.05) is 25.8 Å². The van der Waals surface area contributed by atoms with Crippen molar-refractivity contribution < 1.29 is 14.0 Å². The third kappa shape index (κ3) is 4.83. The van der Waals surface area contributed by atoms with Crippen LogP contribution in [0.2, 0.25) is 5.02 Å². The van der Waals surface area contributed by atoms with Crippen molar-refractivity contribution in [3.63, 3.8) is 0 Å². The number of nitrogens with zero attached hydrogens (tertiary/aromatic N) is 2. The first kappa shape index (κ1) is 20.6. The topological polar surface area (TPSA) is 62.3 Å². The van der Waals surface area contributed by atoms with Crippen LogP contribution in [0.1, 0.15) is 33.6 Å². The maximum atomic E-state index is 13.1. The number of carbonyl (C=O) groups is 2. The van der Waals surface area contributed by atoms with Crippen molar-refractivity contribution in [3.8, 4) is 0 Å². The van der Waals surface area contributed by atoms with E-state index in [0.717, 1.165) is 23.9 Å². The lowest BCUT2D eigenvalue weighted by Crippen LogP contribution is -2.41. The maximum Gasteiger partial charge on any atom is 0.256 e. The number of hydrogen-bond acceptors (Lipinski definition) is 4. The lowest BCUT2D eigenvalue weighted by Gasteiger charge is -2.32. The molecule has 1 aliphatic rings. The number of likely N-dealkylation sites (tertiary alicyclic amines) is 1. The predicted octanol–water partition coefficient (Wildman–Crippen LogP) is 3.88. The molecule has 1 N–H and O–H groups in total. The summed E-state index contributed by atoms with van der Waals surface area (Å²) in [6.45, 7) is 1.77. The third-order valence-corrected chi connectivity index (χ3v) is 5.85. The zero-order valence-electron chi connectivity index (χ0n) is 15.5. The average molecular weight is 422 g/mol. The van der Waals surface area contributed by atoms with Gasteiger partial charge in [-0.2, -0.15) is 0 Å². The van der Waals surface area contributed by atoms with E-state index in [1.54, 1.807) is 18.3 Å². The van der Waals surface area contributed by atoms with Gasteiger partial charge in [0.2, 0.25) is 0 Å². The van der Waals surface area contributed by atoms with Gasteiger partial charge in [0.1, 0.15) is 10.8 Å². The summed E-state index contributed by atoms with van der Waals surface area (Å²) in [5.74, 6) is -0.514. The van der Waals surface area contributed by atoms with Crippen LogP contribution in [-0.4, -0.2) is 47.6 Å². The Hall–Kier alpha value is -2.12. The van der Waals surface area contributed by atoms with Gasteiger partial charge < -0.3 is 10.2 Å². The van der Waals surface area contributed by atoms with Gasteiger partial charge >= 0.3 is 0 Å². The summed E-state index contributed by atoms with van der Waals surface area (Å²) in [5.41, 5.74) is 0.893. The quantitative estimate of drug-likeness (QED) is 0.744. The summed E-state index contributed by atoms with van der Waals surface area (Å²) in [6.07, 6.45) is 5.20. The number of benzene rings is 1. The number of thioether (sulfide) groups is 1. The van der Waals surface area contributed by atoms with Crippen molar-refractivity contribution in [2.24, 2.45) is 5.92 Å². The molecule has 1 aliphatic heterocycles. The third-order valence-electron chi connectivity index (χ3n) is 4.82. The molecule has 1 fully saturated rings. The Kier molecular flexibility index (Phi) is 6.91. The van der Waals surface area contributed by atoms with E-state index in [9.17, 15) is 14.0 Å². The van der Waals surface area contributed by atoms with Crippen LogP contribution in [0.4, 0.5) is 4.39 Å². The Morgan fingerprint density at radius 1 is 1.29 bits per heavy atom. The zero-order chi connectivity index (χ0) is 20.1. The summed E-state index contributed by atoms with van der Waals surface area (Å²) in [5, 5.41) is 3.69. The first-order chi connectivity index (χ1) is 13.5. The minimum atomic E-state index is -0.475. The number of pyridine rings is 1. The minimum Gasteiger partial charge on any atom is -0.352 e. The molecule has 0 bridgehead atoms. The fourth-order valence-electron chi connectivity index (χ4n) is 3.23. The van der Waals surface area contributed by atoms with Crippen molar-refractivity contribution in [2.45, 2.75) is 17.9 Å². The fourth-order valence-corrected chi connectivity index (χ4v) is 4.03. The minimum absolute atomic E-state index is 0.00182. The molecule has 28 heavy (non-hydrogen) atoms. The van der Waals surface area contributed by atoms with E-state index >= 15 is 0 Å². The summed E-state index contributed by atoms with van der Waals surface area (Å²) in [4.78, 5) is 31.1. The number of hydrogen-bond donors (Lipinski definition) is 1. The molecular weight excluding hydrogens is 401 g/mol. The number of amides is 2. The van der Waals surface area contributed by atoms with E-state index in [1.165, 1.54) is 23.9 Å². The van der Waals surface area contributed by atoms with Gasteiger partial charge in [0.05, 0.1) is 16.1 Å². The smallest absolute Gasteiger partial charge is 0.256 e. The molecule has 148 valence electrons. The van der Waals surface area contributed by atoms with E-state index in [-0.39, 0.29) is 28.3 Å². The lowest BCUT2D eigenvalue weighted by molar-refractivity contribution is 0.0680. The highest BCUT2D eigenvalue weighted by molar-refractivity contribution is 7.98. The molecule has 2 aromatic rings. The zero-order valence-corrected chi connectivity index (χ0v) is 17.0. The van der Waals surface area contributed by atoms with Gasteiger partial charge in [-0.15, -0.1) is 11.8 Å². The van der Waals surface area contributed by atoms with Crippen molar-refractivity contribution in [1.29, 1.82) is 0 Å². The largest absolute Gasteiger partial charge is 0.352 e. The average Bonchev–Trinajstić information content (AvgIpc) is 2.72. The Morgan fingerprint density at radius 2 is 2.04 bits per heavy atom. The summed E-state index contributed by atoms with van der Waals surface area (Å²) >= 11 is 7.39. The normalized spacial score (nSPS) is 14.8. The summed E-state index contributed by atoms with van der Waals surface area (Å²) in [7, 11) is 0. The highest BCUT2D eigenvalue weighted by Gasteiger charge is 2.25. The molecule has 2 amide bonds. The van der Waals surface area contributed by atoms with Gasteiger partial charge in [-0.3, -0.25) is 9.59 Å². The fraction of sp³-hybridized carbons (Fsp3) is 0.350. The molecule has 0 radical (unpaired) electrons. The van der Waals surface area contributed by atoms with Crippen molar-refractivity contribution in [1.82, 2.24) is 15.2 Å². The highest BCUT2D eigenvalue weighted by atomic mass is 35.5. The van der Waals surface area contributed by atoms with Crippen molar-refractivity contribution >= 4 is 35.2 Å². The molecular formula is C20H21ClFN3O2S. The molecule has 0 aliphatic carbocycles. The molecule has 0 unspecified atom stereocenters. The van der Waals surface area contributed by atoms with Crippen LogP contribution in [0.3, 0.4) is 0 Å². The molecule has 0 saturated carbocycles. The molecule has 0 spiro atoms. The summed E-state index contributed by atoms with van der Waals surface area (Å²) < 4.78 is 13.1. The molecule has 5 nitrogen and oxygen atoms in total. The molecule has 0 atom stereocenters. The number of carbonyl (C=O) groups excluding carboxylic acids is 2. The second-order valence-electron chi connectivity index (χ2n) is 6.63. The first-order valence-electron chi connectivity index (χ1n) is 9.01. The van der Waals surface area contributed by atoms with Crippen molar-refractivity contribution in [2.75, 3.05) is 25.9 Å². The monoisotopic (exact) mass is 421 g/mol. The standard InChI is InChI=1S/C20H21ClFN3O2S/c1-28-19-16(3-2-8-23-19)20(27)25-9-6-13(7-10-25)12-24-18(26)15-5-4-14(22)11-17(15)21/h2-5,8,11,13H,6-7,9-10,12H2,1H3,(H,24,26). The highest BCUT2D eigenvalue weighted by Crippen LogP contribution is 2.23. The van der Waals surface area contributed by atoms with E-state index < -0.39 is 5.82 Å². The molecule has 3 rings (SSSR count). The Labute approximate surface area is 172 Å². The maximum absolute atomic E-state index is 13.1. The Balaban J connectivity index is 1.51. The Bertz CT molecular complexity index is 872. The van der Waals surface area contributed by atoms with E-state index in [2.05, 4.69) is 10.3 Å². The van der Waals surface area contributed by atoms with Crippen LogP contribution in [0, 0.1) is 11.7 Å². The van der Waals surface area contributed by atoms with Crippen molar-refractivity contribution in [3.05, 3.63) is 58.5 Å². The first-order valence-corrected chi connectivity index (χ1v) is 10.6. The SMILES string of the molecule is CSc1ncccc1C(=O)N1CCC(CNC(=O)c2ccc(F)cc2Cl)CC1. The van der Waals surface area contributed by atoms with Gasteiger partial charge in [-0.1, -0.05) is 11.6 Å². The van der Waals surface area contributed by atoms with E-state index in [4.69, 9.17) is 11.6 Å². The van der Waals surface area contributed by atoms with Crippen LogP contribution in [-0.2, 0) is 0 Å². The van der Waals surface area contributed by atoms with Crippen LogP contribution in [0.25, 0.3) is 0 Å². The number of aromatic nitrogens is 1. The Morgan fingerprint density at radius 3 is 2.71 bits per heavy atom. The van der Waals surface area contributed by atoms with Gasteiger partial charge in [-0.05, 0) is 55.3 Å². The van der Waals surface area contributed by atoms with Gasteiger partial charge in [-0.25, -0.2) is 9.37 Å². The number of nitrogens with one attached hydrogen (secondary N) is 1. The van der Waals surface area contributed by atoms with Gasteiger partial charge in [0.25, 0.3) is 11.8 Å². The second kappa shape index (κ2) is 9.39. The molecule has 1 aromatic carbocycles. The molecule has 2 heterocycles. The molecule has 1 aromatic heterocycles. The number of halogens is 2. The number of rotatable bonds is 5. The van der Waals surface area contributed by atoms with E-state index in [1.807, 2.05) is 11.2 Å². The van der Waals surface area contributed by atoms with Crippen LogP contribution >= 0.6 is 23.4 Å². The lowest BCUT2D eigenvalue weighted by atomic mass is 9.96. The van der Waals surface area contributed by atoms with Crippen LogP contribution in [0.15, 0.2) is 41.6 Å². The summed E-state index contributed by atoms with van der Waals surface area (Å²) in [6, 6.07) is 7.30. The molecule has 8 heteroatoms. The van der Waals surface area contributed by atoms with Gasteiger partial charge in [0.15, 0.2) is 0 Å². The predicted molar refractivity (Wildman–Crippen MR) is 108 cm³/mol.